The Labute approximate surface area is 86.4 Å². The third-order valence-corrected chi connectivity index (χ3v) is 2.82. The summed E-state index contributed by atoms with van der Waals surface area (Å²) < 4.78 is 23.9. The molecule has 0 fully saturated rings. The molecule has 1 nitrogen and oxygen atoms in total. The fourth-order valence-electron chi connectivity index (χ4n) is 1.06. The minimum atomic E-state index is -2.32. The maximum Gasteiger partial charge on any atom is 0.240 e. The molecular formula is C8H12ClF2NS. The average molecular weight is 228 g/mol. The Bertz CT molecular complexity index is 252. The van der Waals surface area contributed by atoms with Crippen molar-refractivity contribution >= 4 is 23.7 Å². The third-order valence-electron chi connectivity index (χ3n) is 1.67. The number of nitrogens with two attached hydrogens (primary N) is 1. The van der Waals surface area contributed by atoms with E-state index in [0.717, 1.165) is 10.4 Å². The largest absolute Gasteiger partial charge is 0.323 e. The smallest absolute Gasteiger partial charge is 0.240 e. The van der Waals surface area contributed by atoms with Crippen molar-refractivity contribution in [2.24, 2.45) is 5.73 Å². The number of thiophene rings is 1. The number of rotatable bonds is 3. The summed E-state index contributed by atoms with van der Waals surface area (Å²) >= 11 is 1.44. The van der Waals surface area contributed by atoms with Gasteiger partial charge in [0, 0.05) is 17.3 Å². The normalized spacial score (nSPS) is 12.7. The van der Waals surface area contributed by atoms with Gasteiger partial charge in [-0.15, -0.1) is 23.7 Å². The first-order valence-corrected chi connectivity index (χ1v) is 4.57. The first kappa shape index (κ1) is 12.8. The van der Waals surface area contributed by atoms with Gasteiger partial charge in [-0.25, -0.2) is 8.78 Å². The van der Waals surface area contributed by atoms with Gasteiger partial charge in [-0.2, -0.15) is 0 Å². The highest BCUT2D eigenvalue weighted by Crippen LogP contribution is 2.26. The molecule has 0 aliphatic rings. The second kappa shape index (κ2) is 5.52. The highest BCUT2D eigenvalue weighted by Gasteiger charge is 2.15. The predicted octanol–water partition coefficient (Wildman–Crippen LogP) is 3.13. The lowest BCUT2D eigenvalue weighted by Gasteiger charge is -2.09. The predicted molar refractivity (Wildman–Crippen MR) is 53.9 cm³/mol. The van der Waals surface area contributed by atoms with Gasteiger partial charge in [0.05, 0.1) is 0 Å². The second-order valence-electron chi connectivity index (χ2n) is 2.70. The summed E-state index contributed by atoms with van der Waals surface area (Å²) in [5.41, 5.74) is 6.58. The van der Waals surface area contributed by atoms with Gasteiger partial charge in [0.1, 0.15) is 0 Å². The van der Waals surface area contributed by atoms with E-state index in [0.29, 0.717) is 0 Å². The van der Waals surface area contributed by atoms with E-state index in [-0.39, 0.29) is 18.8 Å². The van der Waals surface area contributed by atoms with E-state index in [2.05, 4.69) is 0 Å². The van der Waals surface area contributed by atoms with Crippen molar-refractivity contribution in [1.82, 2.24) is 0 Å². The van der Waals surface area contributed by atoms with Gasteiger partial charge in [-0.05, 0) is 23.9 Å². The number of alkyl halides is 2. The Balaban J connectivity index is 0.00000144. The van der Waals surface area contributed by atoms with E-state index < -0.39 is 12.5 Å². The summed E-state index contributed by atoms with van der Waals surface area (Å²) in [6, 6.07) is 1.38. The Morgan fingerprint density at radius 2 is 2.15 bits per heavy atom. The zero-order valence-corrected chi connectivity index (χ0v) is 8.80. The lowest BCUT2D eigenvalue weighted by Crippen LogP contribution is -2.13. The van der Waals surface area contributed by atoms with Crippen LogP contribution in [0.15, 0.2) is 11.4 Å². The maximum atomic E-state index is 11.9. The molecule has 0 aromatic carbocycles. The van der Waals surface area contributed by atoms with Gasteiger partial charge < -0.3 is 5.73 Å². The molecule has 0 saturated heterocycles. The molecule has 2 N–H and O–H groups in total. The molecule has 5 heteroatoms. The molecule has 0 amide bonds. The Hall–Kier alpha value is -0.190. The Morgan fingerprint density at radius 3 is 2.54 bits per heavy atom. The molecule has 1 heterocycles. The van der Waals surface area contributed by atoms with E-state index in [1.165, 1.54) is 11.3 Å². The average Bonchev–Trinajstić information content (AvgIpc) is 2.33. The first-order chi connectivity index (χ1) is 5.61. The van der Waals surface area contributed by atoms with Crippen molar-refractivity contribution in [2.45, 2.75) is 25.8 Å². The van der Waals surface area contributed by atoms with Crippen molar-refractivity contribution in [2.75, 3.05) is 0 Å². The van der Waals surface area contributed by atoms with Crippen LogP contribution >= 0.6 is 23.7 Å². The minimum absolute atomic E-state index is 0. The van der Waals surface area contributed by atoms with Crippen LogP contribution in [0, 0.1) is 6.92 Å². The van der Waals surface area contributed by atoms with E-state index in [4.69, 9.17) is 5.73 Å². The summed E-state index contributed by atoms with van der Waals surface area (Å²) in [6.07, 6.45) is -2.57. The Morgan fingerprint density at radius 1 is 1.54 bits per heavy atom. The van der Waals surface area contributed by atoms with Gasteiger partial charge in [-0.1, -0.05) is 0 Å². The van der Waals surface area contributed by atoms with Crippen LogP contribution in [0.3, 0.4) is 0 Å². The molecule has 13 heavy (non-hydrogen) atoms. The quantitative estimate of drug-likeness (QED) is 0.844. The molecule has 0 radical (unpaired) electrons. The van der Waals surface area contributed by atoms with Gasteiger partial charge in [0.15, 0.2) is 0 Å². The molecular weight excluding hydrogens is 216 g/mol. The van der Waals surface area contributed by atoms with E-state index in [9.17, 15) is 8.78 Å². The number of halogens is 3. The van der Waals surface area contributed by atoms with Gasteiger partial charge in [0.2, 0.25) is 6.43 Å². The Kier molecular flexibility index (Phi) is 5.44. The van der Waals surface area contributed by atoms with Crippen LogP contribution in [0.2, 0.25) is 0 Å². The van der Waals surface area contributed by atoms with Crippen LogP contribution in [-0.2, 0) is 0 Å². The zero-order chi connectivity index (χ0) is 9.14. The third kappa shape index (κ3) is 3.58. The summed E-state index contributed by atoms with van der Waals surface area (Å²) in [6.45, 7) is 1.89. The topological polar surface area (TPSA) is 26.0 Å². The van der Waals surface area contributed by atoms with Crippen molar-refractivity contribution in [3.8, 4) is 0 Å². The highest BCUT2D eigenvalue weighted by atomic mass is 35.5. The SMILES string of the molecule is Cc1ccsc1[C@H](N)CC(F)F.Cl. The summed E-state index contributed by atoms with van der Waals surface area (Å²) in [7, 11) is 0. The fraction of sp³-hybridized carbons (Fsp3) is 0.500. The van der Waals surface area contributed by atoms with Crippen molar-refractivity contribution in [3.05, 3.63) is 21.9 Å². The van der Waals surface area contributed by atoms with Crippen LogP contribution in [0.1, 0.15) is 22.9 Å². The molecule has 1 atom stereocenters. The van der Waals surface area contributed by atoms with Crippen molar-refractivity contribution < 1.29 is 8.78 Å². The summed E-state index contributed by atoms with van der Waals surface area (Å²) in [5.74, 6) is 0. The lowest BCUT2D eigenvalue weighted by molar-refractivity contribution is 0.129. The van der Waals surface area contributed by atoms with Crippen LogP contribution in [0.25, 0.3) is 0 Å². The number of hydrogen-bond donors (Lipinski definition) is 1. The molecule has 0 aliphatic carbocycles. The van der Waals surface area contributed by atoms with Crippen LogP contribution in [-0.4, -0.2) is 6.43 Å². The monoisotopic (exact) mass is 227 g/mol. The first-order valence-electron chi connectivity index (χ1n) is 3.69. The van der Waals surface area contributed by atoms with Gasteiger partial charge in [0.25, 0.3) is 0 Å². The second-order valence-corrected chi connectivity index (χ2v) is 3.65. The molecule has 1 rings (SSSR count). The standard InChI is InChI=1S/C8H11F2NS.ClH/c1-5-2-3-12-8(5)6(11)4-7(9)10;/h2-3,6-7H,4,11H2,1H3;1H/t6-;/m1./s1. The van der Waals surface area contributed by atoms with E-state index >= 15 is 0 Å². The highest BCUT2D eigenvalue weighted by molar-refractivity contribution is 7.10. The molecule has 0 aliphatic heterocycles. The number of hydrogen-bond acceptors (Lipinski definition) is 2. The molecule has 0 bridgehead atoms. The summed E-state index contributed by atoms with van der Waals surface area (Å²) in [5, 5.41) is 1.87. The molecule has 1 aromatic heterocycles. The molecule has 0 saturated carbocycles. The van der Waals surface area contributed by atoms with Crippen molar-refractivity contribution in [1.29, 1.82) is 0 Å². The molecule has 0 spiro atoms. The molecule has 0 unspecified atom stereocenters. The molecule has 1 aromatic rings. The molecule has 76 valence electrons. The van der Waals surface area contributed by atoms with Gasteiger partial charge >= 0.3 is 0 Å². The van der Waals surface area contributed by atoms with Crippen LogP contribution < -0.4 is 5.73 Å². The van der Waals surface area contributed by atoms with Crippen LogP contribution in [0.4, 0.5) is 8.78 Å². The minimum Gasteiger partial charge on any atom is -0.323 e. The maximum absolute atomic E-state index is 11.9. The number of aryl methyl sites for hydroxylation is 1. The van der Waals surface area contributed by atoms with Crippen LogP contribution in [0.5, 0.6) is 0 Å². The lowest BCUT2D eigenvalue weighted by atomic mass is 10.1. The zero-order valence-electron chi connectivity index (χ0n) is 7.17. The fourth-order valence-corrected chi connectivity index (χ4v) is 2.01. The van der Waals surface area contributed by atoms with E-state index in [1.807, 2.05) is 18.4 Å². The summed E-state index contributed by atoms with van der Waals surface area (Å²) in [4.78, 5) is 0.871. The van der Waals surface area contributed by atoms with E-state index in [1.54, 1.807) is 0 Å². The van der Waals surface area contributed by atoms with Gasteiger partial charge in [-0.3, -0.25) is 0 Å². The van der Waals surface area contributed by atoms with Crippen molar-refractivity contribution in [3.63, 3.8) is 0 Å².